The van der Waals surface area contributed by atoms with E-state index in [0.29, 0.717) is 5.56 Å². The lowest BCUT2D eigenvalue weighted by atomic mass is 10.0. The monoisotopic (exact) mass is 255 g/mol. The lowest BCUT2D eigenvalue weighted by Gasteiger charge is -2.29. The summed E-state index contributed by atoms with van der Waals surface area (Å²) in [6.45, 7) is 3.38. The summed E-state index contributed by atoms with van der Waals surface area (Å²) in [7, 11) is 1.28. The third-order valence-electron chi connectivity index (χ3n) is 2.57. The molecule has 1 aromatic rings. The van der Waals surface area contributed by atoms with Crippen LogP contribution in [0.2, 0.25) is 0 Å². The average Bonchev–Trinajstić information content (AvgIpc) is 2.36. The molecular formula is C13H18FNO3. The minimum absolute atomic E-state index is 0.137. The highest BCUT2D eigenvalue weighted by atomic mass is 19.1. The Morgan fingerprint density at radius 2 is 2.00 bits per heavy atom. The third kappa shape index (κ3) is 3.78. The fourth-order valence-electron chi connectivity index (χ4n) is 1.49. The number of hydrogen-bond acceptors (Lipinski definition) is 4. The second kappa shape index (κ2) is 5.93. The maximum Gasteiger partial charge on any atom is 0.327 e. The first-order valence-corrected chi connectivity index (χ1v) is 5.61. The lowest BCUT2D eigenvalue weighted by Crippen LogP contribution is -2.47. The highest BCUT2D eigenvalue weighted by Crippen LogP contribution is 2.18. The molecule has 5 heteroatoms. The number of rotatable bonds is 5. The number of ether oxygens (including phenoxy) is 1. The standard InChI is InChI=1S/C13H18FNO3/c1-13(2,8-16)15-11(12(17)18-3)9-4-6-10(14)7-5-9/h4-7,11,15-16H,8H2,1-3H3. The molecule has 4 nitrogen and oxygen atoms in total. The molecule has 0 radical (unpaired) electrons. The van der Waals surface area contributed by atoms with Gasteiger partial charge in [-0.2, -0.15) is 0 Å². The SMILES string of the molecule is COC(=O)C(NC(C)(C)CO)c1ccc(F)cc1. The lowest BCUT2D eigenvalue weighted by molar-refractivity contribution is -0.144. The van der Waals surface area contributed by atoms with Crippen LogP contribution in [0.25, 0.3) is 0 Å². The summed E-state index contributed by atoms with van der Waals surface area (Å²) in [6.07, 6.45) is 0. The number of nitrogens with one attached hydrogen (secondary N) is 1. The van der Waals surface area contributed by atoms with Gasteiger partial charge in [-0.3, -0.25) is 5.32 Å². The number of carbonyl (C=O) groups is 1. The number of hydrogen-bond donors (Lipinski definition) is 2. The molecule has 0 saturated heterocycles. The van der Waals surface area contributed by atoms with E-state index in [1.807, 2.05) is 0 Å². The number of esters is 1. The van der Waals surface area contributed by atoms with Crippen molar-refractivity contribution < 1.29 is 19.0 Å². The van der Waals surface area contributed by atoms with Crippen LogP contribution in [0, 0.1) is 5.82 Å². The van der Waals surface area contributed by atoms with Gasteiger partial charge in [-0.05, 0) is 31.5 Å². The molecule has 1 aromatic carbocycles. The molecule has 1 atom stereocenters. The Kier molecular flexibility index (Phi) is 4.81. The topological polar surface area (TPSA) is 58.6 Å². The van der Waals surface area contributed by atoms with Crippen LogP contribution < -0.4 is 5.32 Å². The first-order valence-electron chi connectivity index (χ1n) is 5.61. The van der Waals surface area contributed by atoms with Crippen molar-refractivity contribution in [3.8, 4) is 0 Å². The molecule has 0 aliphatic rings. The Hall–Kier alpha value is -1.46. The van der Waals surface area contributed by atoms with E-state index in [1.54, 1.807) is 13.8 Å². The van der Waals surface area contributed by atoms with Crippen LogP contribution in [0.1, 0.15) is 25.5 Å². The zero-order valence-electron chi connectivity index (χ0n) is 10.7. The minimum Gasteiger partial charge on any atom is -0.468 e. The number of carbonyl (C=O) groups excluding carboxylic acids is 1. The van der Waals surface area contributed by atoms with Gasteiger partial charge in [-0.25, -0.2) is 9.18 Å². The van der Waals surface area contributed by atoms with Crippen LogP contribution in [0.3, 0.4) is 0 Å². The van der Waals surface area contributed by atoms with Crippen molar-refractivity contribution in [2.45, 2.75) is 25.4 Å². The Balaban J connectivity index is 2.98. The van der Waals surface area contributed by atoms with Gasteiger partial charge in [-0.15, -0.1) is 0 Å². The maximum atomic E-state index is 12.9. The third-order valence-corrected chi connectivity index (χ3v) is 2.57. The van der Waals surface area contributed by atoms with Crippen LogP contribution in [0.5, 0.6) is 0 Å². The average molecular weight is 255 g/mol. The molecule has 2 N–H and O–H groups in total. The van der Waals surface area contributed by atoms with E-state index in [1.165, 1.54) is 31.4 Å². The molecule has 0 amide bonds. The predicted molar refractivity (Wildman–Crippen MR) is 65.5 cm³/mol. The molecule has 1 rings (SSSR count). The molecule has 0 spiro atoms. The number of aliphatic hydroxyl groups is 1. The Labute approximate surface area is 106 Å². The van der Waals surface area contributed by atoms with Crippen LogP contribution in [0.15, 0.2) is 24.3 Å². The maximum absolute atomic E-state index is 12.9. The van der Waals surface area contributed by atoms with Gasteiger partial charge in [0.1, 0.15) is 11.9 Å². The van der Waals surface area contributed by atoms with E-state index in [4.69, 9.17) is 4.74 Å². The fourth-order valence-corrected chi connectivity index (χ4v) is 1.49. The molecule has 0 aliphatic carbocycles. The summed E-state index contributed by atoms with van der Waals surface area (Å²) in [5.74, 6) is -0.855. The smallest absolute Gasteiger partial charge is 0.327 e. The minimum atomic E-state index is -0.738. The zero-order chi connectivity index (χ0) is 13.8. The van der Waals surface area contributed by atoms with Crippen molar-refractivity contribution in [2.75, 3.05) is 13.7 Å². The van der Waals surface area contributed by atoms with E-state index in [9.17, 15) is 14.3 Å². The molecular weight excluding hydrogens is 237 g/mol. The van der Waals surface area contributed by atoms with Crippen LogP contribution in [-0.4, -0.2) is 30.3 Å². The van der Waals surface area contributed by atoms with E-state index in [0.717, 1.165) is 0 Å². The molecule has 100 valence electrons. The van der Waals surface area contributed by atoms with Crippen molar-refractivity contribution >= 4 is 5.97 Å². The Morgan fingerprint density at radius 1 is 1.44 bits per heavy atom. The number of aliphatic hydroxyl groups excluding tert-OH is 1. The molecule has 0 heterocycles. The molecule has 0 aliphatic heterocycles. The summed E-state index contributed by atoms with van der Waals surface area (Å²) < 4.78 is 17.6. The highest BCUT2D eigenvalue weighted by molar-refractivity contribution is 5.77. The molecule has 0 fully saturated rings. The largest absolute Gasteiger partial charge is 0.468 e. The second-order valence-corrected chi connectivity index (χ2v) is 4.69. The molecule has 0 bridgehead atoms. The zero-order valence-corrected chi connectivity index (χ0v) is 10.7. The van der Waals surface area contributed by atoms with Crippen molar-refractivity contribution in [1.29, 1.82) is 0 Å². The summed E-state index contributed by atoms with van der Waals surface area (Å²) in [4.78, 5) is 11.7. The summed E-state index contributed by atoms with van der Waals surface area (Å²) in [5, 5.41) is 12.2. The van der Waals surface area contributed by atoms with Gasteiger partial charge in [-0.1, -0.05) is 12.1 Å². The first-order chi connectivity index (χ1) is 8.39. The second-order valence-electron chi connectivity index (χ2n) is 4.69. The van der Waals surface area contributed by atoms with Gasteiger partial charge in [0.25, 0.3) is 0 Å². The van der Waals surface area contributed by atoms with Crippen LogP contribution in [0.4, 0.5) is 4.39 Å². The van der Waals surface area contributed by atoms with Gasteiger partial charge in [0, 0.05) is 5.54 Å². The first kappa shape index (κ1) is 14.6. The normalized spacial score (nSPS) is 13.2. The van der Waals surface area contributed by atoms with Gasteiger partial charge in [0.05, 0.1) is 13.7 Å². The van der Waals surface area contributed by atoms with Crippen LogP contribution in [-0.2, 0) is 9.53 Å². The van der Waals surface area contributed by atoms with Gasteiger partial charge in [0.2, 0.25) is 0 Å². The van der Waals surface area contributed by atoms with Crippen LogP contribution >= 0.6 is 0 Å². The van der Waals surface area contributed by atoms with E-state index < -0.39 is 17.6 Å². The van der Waals surface area contributed by atoms with Crippen molar-refractivity contribution in [1.82, 2.24) is 5.32 Å². The predicted octanol–water partition coefficient (Wildman–Crippen LogP) is 1.40. The fraction of sp³-hybridized carbons (Fsp3) is 0.462. The summed E-state index contributed by atoms with van der Waals surface area (Å²) in [6, 6.07) is 4.84. The summed E-state index contributed by atoms with van der Waals surface area (Å²) >= 11 is 0. The summed E-state index contributed by atoms with van der Waals surface area (Å²) in [5.41, 5.74) is -0.0578. The Bertz CT molecular complexity index is 403. The van der Waals surface area contributed by atoms with Crippen molar-refractivity contribution in [3.05, 3.63) is 35.6 Å². The molecule has 0 saturated carbocycles. The van der Waals surface area contributed by atoms with Gasteiger partial charge >= 0.3 is 5.97 Å². The number of benzene rings is 1. The van der Waals surface area contributed by atoms with E-state index in [2.05, 4.69) is 5.32 Å². The van der Waals surface area contributed by atoms with Gasteiger partial charge < -0.3 is 9.84 Å². The van der Waals surface area contributed by atoms with Crippen molar-refractivity contribution in [3.63, 3.8) is 0 Å². The van der Waals surface area contributed by atoms with E-state index in [-0.39, 0.29) is 12.4 Å². The quantitative estimate of drug-likeness (QED) is 0.781. The highest BCUT2D eigenvalue weighted by Gasteiger charge is 2.28. The molecule has 18 heavy (non-hydrogen) atoms. The van der Waals surface area contributed by atoms with Crippen molar-refractivity contribution in [2.24, 2.45) is 0 Å². The van der Waals surface area contributed by atoms with Gasteiger partial charge in [0.15, 0.2) is 0 Å². The molecule has 0 aromatic heterocycles. The Morgan fingerprint density at radius 3 is 2.44 bits per heavy atom. The molecule has 1 unspecified atom stereocenters. The number of methoxy groups -OCH3 is 1. The number of halogens is 1. The van der Waals surface area contributed by atoms with E-state index >= 15 is 0 Å².